The largest absolute Gasteiger partial charge is 0.346 e. The molecule has 1 aliphatic carbocycles. The minimum Gasteiger partial charge on any atom is -0.346 e. The molecule has 0 saturated heterocycles. The lowest BCUT2D eigenvalue weighted by Gasteiger charge is -2.43. The van der Waals surface area contributed by atoms with Crippen LogP contribution in [0.25, 0.3) is 22.4 Å². The van der Waals surface area contributed by atoms with E-state index in [4.69, 9.17) is 4.98 Å². The highest BCUT2D eigenvalue weighted by molar-refractivity contribution is 6.04. The standard InChI is InChI=1S/C21H24N6O/c1-3-16-21(28)26(2)17-12-24-19(14-10-13-8-9-22-18(13)23-11-14)25-20(17)27(16)15-6-4-5-7-15/h8-12,15-16H,3-7H2,1-2H3,(H,22,23). The average Bonchev–Trinajstić information content (AvgIpc) is 3.41. The van der Waals surface area contributed by atoms with Crippen molar-refractivity contribution in [3.8, 4) is 11.4 Å². The van der Waals surface area contributed by atoms with E-state index in [9.17, 15) is 4.79 Å². The maximum Gasteiger partial charge on any atom is 0.249 e. The molecule has 0 aromatic carbocycles. The van der Waals surface area contributed by atoms with Crippen LogP contribution in [-0.4, -0.2) is 45.0 Å². The molecule has 2 aliphatic rings. The average molecular weight is 376 g/mol. The third-order valence-corrected chi connectivity index (χ3v) is 6.07. The zero-order valence-corrected chi connectivity index (χ0v) is 16.2. The number of amides is 1. The molecule has 0 radical (unpaired) electrons. The number of pyridine rings is 1. The summed E-state index contributed by atoms with van der Waals surface area (Å²) in [6.45, 7) is 2.08. The fraction of sp³-hybridized carbons (Fsp3) is 0.429. The summed E-state index contributed by atoms with van der Waals surface area (Å²) in [6, 6.07) is 4.26. The Balaban J connectivity index is 1.64. The summed E-state index contributed by atoms with van der Waals surface area (Å²) >= 11 is 0. The number of hydrogen-bond donors (Lipinski definition) is 1. The molecule has 144 valence electrons. The summed E-state index contributed by atoms with van der Waals surface area (Å²) in [6.07, 6.45) is 10.9. The second-order valence-corrected chi connectivity index (χ2v) is 7.71. The van der Waals surface area contributed by atoms with Gasteiger partial charge in [-0.1, -0.05) is 19.8 Å². The van der Waals surface area contributed by atoms with Crippen molar-refractivity contribution in [2.75, 3.05) is 16.8 Å². The molecular formula is C21H24N6O. The molecule has 5 rings (SSSR count). The molecule has 4 heterocycles. The van der Waals surface area contributed by atoms with Crippen LogP contribution in [0.5, 0.6) is 0 Å². The van der Waals surface area contributed by atoms with Gasteiger partial charge in [-0.15, -0.1) is 0 Å². The van der Waals surface area contributed by atoms with Gasteiger partial charge in [-0.25, -0.2) is 15.0 Å². The summed E-state index contributed by atoms with van der Waals surface area (Å²) in [5.74, 6) is 1.66. The van der Waals surface area contributed by atoms with Crippen LogP contribution in [0.3, 0.4) is 0 Å². The molecular weight excluding hydrogens is 352 g/mol. The maximum absolute atomic E-state index is 13.0. The number of rotatable bonds is 3. The van der Waals surface area contributed by atoms with E-state index >= 15 is 0 Å². The number of carbonyl (C=O) groups excluding carboxylic acids is 1. The fourth-order valence-electron chi connectivity index (χ4n) is 4.58. The highest BCUT2D eigenvalue weighted by atomic mass is 16.2. The molecule has 1 atom stereocenters. The first kappa shape index (κ1) is 17.2. The summed E-state index contributed by atoms with van der Waals surface area (Å²) in [4.78, 5) is 34.1. The molecule has 3 aromatic rings. The summed E-state index contributed by atoms with van der Waals surface area (Å²) in [7, 11) is 1.83. The molecule has 7 nitrogen and oxygen atoms in total. The van der Waals surface area contributed by atoms with Crippen LogP contribution < -0.4 is 9.80 Å². The third-order valence-electron chi connectivity index (χ3n) is 6.07. The lowest BCUT2D eigenvalue weighted by molar-refractivity contribution is -0.120. The topological polar surface area (TPSA) is 78.0 Å². The summed E-state index contributed by atoms with van der Waals surface area (Å²) in [5, 5.41) is 1.03. The van der Waals surface area contributed by atoms with Crippen molar-refractivity contribution in [2.24, 2.45) is 0 Å². The van der Waals surface area contributed by atoms with Gasteiger partial charge >= 0.3 is 0 Å². The number of H-pyrrole nitrogens is 1. The summed E-state index contributed by atoms with van der Waals surface area (Å²) < 4.78 is 0. The van der Waals surface area contributed by atoms with Crippen molar-refractivity contribution in [3.05, 3.63) is 30.7 Å². The van der Waals surface area contributed by atoms with Crippen molar-refractivity contribution in [3.63, 3.8) is 0 Å². The summed E-state index contributed by atoms with van der Waals surface area (Å²) in [5.41, 5.74) is 2.53. The molecule has 0 spiro atoms. The van der Waals surface area contributed by atoms with Gasteiger partial charge in [-0.2, -0.15) is 0 Å². The van der Waals surface area contributed by atoms with Gasteiger partial charge in [0, 0.05) is 36.4 Å². The maximum atomic E-state index is 13.0. The monoisotopic (exact) mass is 376 g/mol. The molecule has 1 amide bonds. The zero-order valence-electron chi connectivity index (χ0n) is 16.2. The second-order valence-electron chi connectivity index (χ2n) is 7.71. The van der Waals surface area contributed by atoms with Crippen LogP contribution in [0.1, 0.15) is 39.0 Å². The van der Waals surface area contributed by atoms with Crippen LogP contribution >= 0.6 is 0 Å². The number of likely N-dealkylation sites (N-methyl/N-ethyl adjacent to an activating group) is 1. The predicted molar refractivity (Wildman–Crippen MR) is 109 cm³/mol. The van der Waals surface area contributed by atoms with Gasteiger partial charge in [0.2, 0.25) is 5.91 Å². The van der Waals surface area contributed by atoms with Crippen molar-refractivity contribution in [2.45, 2.75) is 51.1 Å². The Hall–Kier alpha value is -2.96. The normalized spacial score (nSPS) is 20.2. The highest BCUT2D eigenvalue weighted by Gasteiger charge is 2.41. The number of nitrogens with one attached hydrogen (secondary N) is 1. The Morgan fingerprint density at radius 3 is 2.82 bits per heavy atom. The Bertz CT molecular complexity index is 1040. The molecule has 28 heavy (non-hydrogen) atoms. The van der Waals surface area contributed by atoms with Gasteiger partial charge in [0.25, 0.3) is 0 Å². The van der Waals surface area contributed by atoms with Gasteiger partial charge in [0.15, 0.2) is 11.6 Å². The Morgan fingerprint density at radius 1 is 1.21 bits per heavy atom. The van der Waals surface area contributed by atoms with Gasteiger partial charge in [-0.05, 0) is 31.4 Å². The van der Waals surface area contributed by atoms with Gasteiger partial charge < -0.3 is 14.8 Å². The zero-order chi connectivity index (χ0) is 19.3. The first-order valence-corrected chi connectivity index (χ1v) is 10.0. The molecule has 1 saturated carbocycles. The Kier molecular flexibility index (Phi) is 4.03. The van der Waals surface area contributed by atoms with E-state index in [2.05, 4.69) is 32.8 Å². The van der Waals surface area contributed by atoms with Crippen molar-refractivity contribution in [1.29, 1.82) is 0 Å². The fourth-order valence-corrected chi connectivity index (χ4v) is 4.58. The van der Waals surface area contributed by atoms with E-state index in [1.807, 2.05) is 19.3 Å². The molecule has 7 heteroatoms. The Morgan fingerprint density at radius 2 is 2.04 bits per heavy atom. The van der Waals surface area contributed by atoms with E-state index in [0.717, 1.165) is 47.4 Å². The Labute approximate surface area is 163 Å². The molecule has 3 aromatic heterocycles. The molecule has 1 unspecified atom stereocenters. The van der Waals surface area contributed by atoms with Crippen molar-refractivity contribution < 1.29 is 4.79 Å². The molecule has 0 bridgehead atoms. The van der Waals surface area contributed by atoms with E-state index in [0.29, 0.717) is 11.9 Å². The minimum absolute atomic E-state index is 0.133. The van der Waals surface area contributed by atoms with Crippen LogP contribution in [0.4, 0.5) is 11.5 Å². The smallest absolute Gasteiger partial charge is 0.249 e. The van der Waals surface area contributed by atoms with Crippen molar-refractivity contribution >= 4 is 28.4 Å². The number of anilines is 2. The first-order chi connectivity index (χ1) is 13.7. The number of fused-ring (bicyclic) bond motifs is 2. The molecule has 1 N–H and O–H groups in total. The number of hydrogen-bond acceptors (Lipinski definition) is 5. The van der Waals surface area contributed by atoms with Gasteiger partial charge in [-0.3, -0.25) is 4.79 Å². The quantitative estimate of drug-likeness (QED) is 0.757. The van der Waals surface area contributed by atoms with Gasteiger partial charge in [0.05, 0.1) is 6.20 Å². The second kappa shape index (κ2) is 6.58. The van der Waals surface area contributed by atoms with Crippen LogP contribution in [0.15, 0.2) is 30.7 Å². The van der Waals surface area contributed by atoms with Gasteiger partial charge in [0.1, 0.15) is 17.4 Å². The van der Waals surface area contributed by atoms with Crippen LogP contribution in [0, 0.1) is 0 Å². The van der Waals surface area contributed by atoms with E-state index in [1.165, 1.54) is 12.8 Å². The van der Waals surface area contributed by atoms with E-state index < -0.39 is 0 Å². The lowest BCUT2D eigenvalue weighted by atomic mass is 10.0. The highest BCUT2D eigenvalue weighted by Crippen LogP contribution is 2.40. The van der Waals surface area contributed by atoms with Crippen molar-refractivity contribution in [1.82, 2.24) is 19.9 Å². The predicted octanol–water partition coefficient (Wildman–Crippen LogP) is 3.52. The number of aromatic nitrogens is 4. The van der Waals surface area contributed by atoms with Crippen LogP contribution in [0.2, 0.25) is 0 Å². The molecule has 1 fully saturated rings. The number of aromatic amines is 1. The van der Waals surface area contributed by atoms with E-state index in [-0.39, 0.29) is 11.9 Å². The van der Waals surface area contributed by atoms with Crippen LogP contribution in [-0.2, 0) is 4.79 Å². The molecule has 1 aliphatic heterocycles. The van der Waals surface area contributed by atoms with E-state index in [1.54, 1.807) is 17.3 Å². The first-order valence-electron chi connectivity index (χ1n) is 10.0. The number of nitrogens with zero attached hydrogens (tertiary/aromatic N) is 5. The minimum atomic E-state index is -0.159. The number of carbonyl (C=O) groups is 1. The SMILES string of the molecule is CCC1C(=O)N(C)c2cnc(-c3cnc4[nH]ccc4c3)nc2N1C1CCCC1. The third kappa shape index (κ3) is 2.57. The lowest BCUT2D eigenvalue weighted by Crippen LogP contribution is -2.55.